The molecule has 2 saturated heterocycles. The van der Waals surface area contributed by atoms with Gasteiger partial charge in [0, 0.05) is 30.8 Å². The van der Waals surface area contributed by atoms with Gasteiger partial charge >= 0.3 is 6.09 Å². The molecule has 0 spiro atoms. The third-order valence-corrected chi connectivity index (χ3v) is 6.31. The first-order chi connectivity index (χ1) is 14.4. The van der Waals surface area contributed by atoms with Crippen molar-refractivity contribution in [2.45, 2.75) is 31.3 Å². The largest absolute Gasteiger partial charge is 0.481 e. The van der Waals surface area contributed by atoms with Crippen LogP contribution in [0.15, 0.2) is 45.4 Å². The monoisotopic (exact) mass is 415 g/mol. The molecule has 1 aliphatic carbocycles. The Kier molecular flexibility index (Phi) is 4.06. The highest BCUT2D eigenvalue weighted by Gasteiger charge is 2.72. The van der Waals surface area contributed by atoms with Gasteiger partial charge in [0.25, 0.3) is 0 Å². The van der Waals surface area contributed by atoms with E-state index in [1.54, 1.807) is 19.1 Å². The van der Waals surface area contributed by atoms with E-state index >= 15 is 0 Å². The normalized spacial score (nSPS) is 31.7. The Bertz CT molecular complexity index is 1010. The van der Waals surface area contributed by atoms with Gasteiger partial charge in [-0.25, -0.2) is 4.79 Å². The van der Waals surface area contributed by atoms with Gasteiger partial charge in [0.1, 0.15) is 19.0 Å². The van der Waals surface area contributed by atoms with Crippen LogP contribution in [0.25, 0.3) is 0 Å². The fourth-order valence-corrected chi connectivity index (χ4v) is 4.98. The molecule has 3 aliphatic heterocycles. The smallest absolute Gasteiger partial charge is 0.404 e. The highest BCUT2D eigenvalue weighted by molar-refractivity contribution is 6.25. The minimum atomic E-state index is -1.01. The Balaban J connectivity index is 1.53. The van der Waals surface area contributed by atoms with Crippen LogP contribution in [-0.2, 0) is 30.4 Å². The molecule has 3 unspecified atom stereocenters. The van der Waals surface area contributed by atoms with Crippen molar-refractivity contribution < 1.29 is 33.0 Å². The molecule has 5 rings (SSSR count). The zero-order valence-corrected chi connectivity index (χ0v) is 16.5. The van der Waals surface area contributed by atoms with Crippen molar-refractivity contribution in [2.24, 2.45) is 11.7 Å². The van der Waals surface area contributed by atoms with E-state index in [-0.39, 0.29) is 53.7 Å². The number of piperazine rings is 1. The number of fused-ring (bicyclic) bond motifs is 4. The molecule has 1 aromatic heterocycles. The number of nitrogens with one attached hydrogen (secondary N) is 1. The van der Waals surface area contributed by atoms with E-state index in [1.807, 2.05) is 4.90 Å². The van der Waals surface area contributed by atoms with Crippen LogP contribution in [-0.4, -0.2) is 60.6 Å². The first kappa shape index (κ1) is 18.9. The van der Waals surface area contributed by atoms with Gasteiger partial charge in [-0.05, 0) is 19.1 Å². The summed E-state index contributed by atoms with van der Waals surface area (Å²) in [5.74, 6) is -0.929. The lowest BCUT2D eigenvalue weighted by Crippen LogP contribution is -2.55. The highest BCUT2D eigenvalue weighted by atomic mass is 16.6. The molecule has 4 heterocycles. The summed E-state index contributed by atoms with van der Waals surface area (Å²) in [6.07, 6.45) is 0.536. The summed E-state index contributed by atoms with van der Waals surface area (Å²) in [4.78, 5) is 39.9. The van der Waals surface area contributed by atoms with E-state index in [2.05, 4.69) is 5.32 Å². The number of carbonyl (C=O) groups excluding carboxylic acids is 3. The zero-order valence-electron chi connectivity index (χ0n) is 16.5. The fourth-order valence-electron chi connectivity index (χ4n) is 4.98. The van der Waals surface area contributed by atoms with E-state index in [0.717, 1.165) is 0 Å². The molecule has 158 valence electrons. The van der Waals surface area contributed by atoms with Gasteiger partial charge in [-0.15, -0.1) is 0 Å². The second kappa shape index (κ2) is 6.44. The maximum atomic E-state index is 13.5. The summed E-state index contributed by atoms with van der Waals surface area (Å²) in [6, 6.07) is 3.46. The van der Waals surface area contributed by atoms with Crippen LogP contribution < -0.4 is 11.1 Å². The topological polar surface area (TPSA) is 143 Å². The number of carbonyl (C=O) groups is 3. The van der Waals surface area contributed by atoms with Crippen LogP contribution in [0.3, 0.4) is 0 Å². The molecule has 4 atom stereocenters. The van der Waals surface area contributed by atoms with E-state index in [1.165, 1.54) is 13.4 Å². The van der Waals surface area contributed by atoms with Crippen molar-refractivity contribution in [3.05, 3.63) is 46.8 Å². The van der Waals surface area contributed by atoms with Crippen LogP contribution in [0, 0.1) is 5.92 Å². The van der Waals surface area contributed by atoms with Gasteiger partial charge in [0.05, 0.1) is 23.9 Å². The fraction of sp³-hybridized carbons (Fsp3) is 0.450. The number of Topliss-reactive ketones (excluding diaryl/α,β-unsaturated/α-hetero) is 2. The molecule has 10 heteroatoms. The number of allylic oxidation sites excluding steroid dienone is 2. The molecule has 0 saturated carbocycles. The average molecular weight is 415 g/mol. The summed E-state index contributed by atoms with van der Waals surface area (Å²) in [5.41, 5.74) is 4.91. The Morgan fingerprint density at radius 1 is 1.40 bits per heavy atom. The molecular weight excluding hydrogens is 394 g/mol. The maximum absolute atomic E-state index is 13.5. The van der Waals surface area contributed by atoms with E-state index in [0.29, 0.717) is 12.3 Å². The van der Waals surface area contributed by atoms with Crippen LogP contribution in [0.1, 0.15) is 12.7 Å². The summed E-state index contributed by atoms with van der Waals surface area (Å²) >= 11 is 0. The molecule has 1 amide bonds. The van der Waals surface area contributed by atoms with Crippen molar-refractivity contribution in [1.82, 2.24) is 10.2 Å². The zero-order chi connectivity index (χ0) is 21.2. The average Bonchev–Trinajstić information content (AvgIpc) is 3.08. The molecule has 0 aromatic carbocycles. The number of furan rings is 1. The lowest BCUT2D eigenvalue weighted by molar-refractivity contribution is -0.137. The van der Waals surface area contributed by atoms with Crippen LogP contribution in [0.5, 0.6) is 0 Å². The molecule has 30 heavy (non-hydrogen) atoms. The number of nitrogens with two attached hydrogens (primary N) is 1. The Labute approximate surface area is 171 Å². The van der Waals surface area contributed by atoms with Crippen LogP contribution in [0.2, 0.25) is 0 Å². The molecule has 10 nitrogen and oxygen atoms in total. The standard InChI is InChI=1S/C20H21N3O7/c1-9-15(24)14-13(16(25)17(9)29-7-10-4-3-5-28-10)11(8-30-19(21)26)20(27-2)18-12(22-18)6-23(14)20/h3-5,11-12,18,22H,6-8H2,1-2H3,(H2,21,26)/t11?,12?,18?,20-/m1/s1. The molecule has 2 fully saturated rings. The minimum Gasteiger partial charge on any atom is -0.481 e. The maximum Gasteiger partial charge on any atom is 0.404 e. The summed E-state index contributed by atoms with van der Waals surface area (Å²) in [7, 11) is 1.52. The van der Waals surface area contributed by atoms with Gasteiger partial charge in [0.15, 0.2) is 11.5 Å². The van der Waals surface area contributed by atoms with Crippen molar-refractivity contribution in [1.29, 1.82) is 0 Å². The number of amides is 1. The minimum absolute atomic E-state index is 0.00908. The molecule has 1 aromatic rings. The molecule has 3 N–H and O–H groups in total. The molecule has 0 bridgehead atoms. The van der Waals surface area contributed by atoms with Gasteiger partial charge in [-0.3, -0.25) is 9.59 Å². The number of rotatable bonds is 6. The number of hydrogen-bond donors (Lipinski definition) is 2. The lowest BCUT2D eigenvalue weighted by atomic mass is 9.83. The third-order valence-electron chi connectivity index (χ3n) is 6.31. The van der Waals surface area contributed by atoms with Gasteiger partial charge in [-0.1, -0.05) is 0 Å². The van der Waals surface area contributed by atoms with Gasteiger partial charge < -0.3 is 34.6 Å². The number of nitrogens with zero attached hydrogens (tertiary/aromatic N) is 1. The van der Waals surface area contributed by atoms with Crippen LogP contribution >= 0.6 is 0 Å². The predicted molar refractivity (Wildman–Crippen MR) is 99.4 cm³/mol. The highest BCUT2D eigenvalue weighted by Crippen LogP contribution is 2.55. The second-order valence-corrected chi connectivity index (χ2v) is 7.74. The first-order valence-electron chi connectivity index (χ1n) is 9.60. The van der Waals surface area contributed by atoms with E-state index < -0.39 is 23.5 Å². The summed E-state index contributed by atoms with van der Waals surface area (Å²) in [5, 5.41) is 3.31. The molecule has 0 radical (unpaired) electrons. The molecule has 4 aliphatic rings. The van der Waals surface area contributed by atoms with Gasteiger partial charge in [-0.2, -0.15) is 0 Å². The number of methoxy groups -OCH3 is 1. The summed E-state index contributed by atoms with van der Waals surface area (Å²) < 4.78 is 21.9. The Morgan fingerprint density at radius 3 is 2.87 bits per heavy atom. The van der Waals surface area contributed by atoms with Gasteiger partial charge in [0.2, 0.25) is 11.6 Å². The number of ketones is 2. The number of ether oxygens (including phenoxy) is 3. The quantitative estimate of drug-likeness (QED) is 0.492. The van der Waals surface area contributed by atoms with E-state index in [9.17, 15) is 14.4 Å². The van der Waals surface area contributed by atoms with Crippen LogP contribution in [0.4, 0.5) is 4.79 Å². The first-order valence-corrected chi connectivity index (χ1v) is 9.60. The van der Waals surface area contributed by atoms with Crippen molar-refractivity contribution >= 4 is 17.7 Å². The third kappa shape index (κ3) is 2.40. The van der Waals surface area contributed by atoms with Crippen molar-refractivity contribution in [2.75, 3.05) is 20.3 Å². The molecular formula is C20H21N3O7. The Hall–Kier alpha value is -3.11. The number of primary amides is 1. The number of hydrogen-bond acceptors (Lipinski definition) is 9. The second-order valence-electron chi connectivity index (χ2n) is 7.74. The van der Waals surface area contributed by atoms with E-state index in [4.69, 9.17) is 24.4 Å². The SMILES string of the molecule is CO[C@@]12C(COC(N)=O)C3=C(C(=O)C(C)=C(OCc4ccco4)C3=O)N1CC1NC12. The predicted octanol–water partition coefficient (Wildman–Crippen LogP) is 0.200. The summed E-state index contributed by atoms with van der Waals surface area (Å²) in [6.45, 7) is 1.90. The van der Waals surface area contributed by atoms with Crippen molar-refractivity contribution in [3.63, 3.8) is 0 Å². The van der Waals surface area contributed by atoms with Crippen molar-refractivity contribution in [3.8, 4) is 0 Å². The lowest BCUT2D eigenvalue weighted by Gasteiger charge is -2.39. The Morgan fingerprint density at radius 2 is 2.20 bits per heavy atom.